The maximum Gasteiger partial charge on any atom is 0.271 e. The lowest BCUT2D eigenvalue weighted by molar-refractivity contribution is 0.648. The molecule has 2 heterocycles. The average molecular weight is 208 g/mol. The topological polar surface area (TPSA) is 34.9 Å². The minimum absolute atomic E-state index is 0.0925. The van der Waals surface area contributed by atoms with Gasteiger partial charge in [0, 0.05) is 6.54 Å². The summed E-state index contributed by atoms with van der Waals surface area (Å²) in [5.41, 5.74) is 2.04. The van der Waals surface area contributed by atoms with Crippen molar-refractivity contribution < 1.29 is 0 Å². The van der Waals surface area contributed by atoms with Gasteiger partial charge >= 0.3 is 0 Å². The molecular weight excluding hydrogens is 196 g/mol. The van der Waals surface area contributed by atoms with Crippen LogP contribution in [0.2, 0.25) is 0 Å². The van der Waals surface area contributed by atoms with Crippen LogP contribution in [0.25, 0.3) is 10.2 Å². The fourth-order valence-electron chi connectivity index (χ4n) is 1.46. The quantitative estimate of drug-likeness (QED) is 0.758. The van der Waals surface area contributed by atoms with Gasteiger partial charge in [0.1, 0.15) is 4.70 Å². The van der Waals surface area contributed by atoms with Crippen LogP contribution in [-0.2, 0) is 6.54 Å². The fraction of sp³-hybridized carbons (Fsp3) is 0.400. The van der Waals surface area contributed by atoms with Gasteiger partial charge in [-0.05, 0) is 24.3 Å². The molecule has 0 unspecified atom stereocenters. The molecule has 0 aromatic carbocycles. The minimum atomic E-state index is 0.0925. The van der Waals surface area contributed by atoms with E-state index in [0.717, 1.165) is 28.7 Å². The molecule has 2 aromatic heterocycles. The molecule has 0 aliphatic heterocycles. The maximum atomic E-state index is 11.9. The van der Waals surface area contributed by atoms with E-state index in [1.807, 2.05) is 12.3 Å². The number of aromatic nitrogens is 2. The first-order valence-corrected chi connectivity index (χ1v) is 5.55. The second-order valence-electron chi connectivity index (χ2n) is 3.34. The van der Waals surface area contributed by atoms with Crippen molar-refractivity contribution in [3.8, 4) is 0 Å². The summed E-state index contributed by atoms with van der Waals surface area (Å²) in [6, 6.07) is 0. The van der Waals surface area contributed by atoms with Gasteiger partial charge in [-0.25, -0.2) is 4.98 Å². The number of thiophene rings is 1. The third kappa shape index (κ3) is 1.35. The molecule has 14 heavy (non-hydrogen) atoms. The molecule has 0 radical (unpaired) electrons. The van der Waals surface area contributed by atoms with E-state index in [9.17, 15) is 4.79 Å². The van der Waals surface area contributed by atoms with Crippen LogP contribution in [0.5, 0.6) is 0 Å². The molecule has 2 rings (SSSR count). The molecule has 3 nitrogen and oxygen atoms in total. The van der Waals surface area contributed by atoms with Crippen molar-refractivity contribution in [1.82, 2.24) is 9.55 Å². The highest BCUT2D eigenvalue weighted by molar-refractivity contribution is 7.17. The van der Waals surface area contributed by atoms with E-state index in [-0.39, 0.29) is 5.56 Å². The lowest BCUT2D eigenvalue weighted by Crippen LogP contribution is -2.19. The molecule has 0 aliphatic carbocycles. The number of aryl methyl sites for hydroxylation is 2. The summed E-state index contributed by atoms with van der Waals surface area (Å²) in [5, 5.41) is 1.98. The van der Waals surface area contributed by atoms with E-state index in [4.69, 9.17) is 0 Å². The van der Waals surface area contributed by atoms with Crippen molar-refractivity contribution in [2.24, 2.45) is 0 Å². The SMILES string of the molecule is CCCn1cnc2c(C)csc2c1=O. The largest absolute Gasteiger partial charge is 0.298 e. The third-order valence-electron chi connectivity index (χ3n) is 2.19. The van der Waals surface area contributed by atoms with Crippen molar-refractivity contribution in [3.63, 3.8) is 0 Å². The molecular formula is C10H12N2OS. The zero-order valence-electron chi connectivity index (χ0n) is 8.28. The van der Waals surface area contributed by atoms with Crippen LogP contribution in [0.15, 0.2) is 16.5 Å². The van der Waals surface area contributed by atoms with Crippen molar-refractivity contribution in [3.05, 3.63) is 27.6 Å². The standard InChI is InChI=1S/C10H12N2OS/c1-3-4-12-6-11-8-7(2)5-14-9(8)10(12)13/h5-6H,3-4H2,1-2H3. The second kappa shape index (κ2) is 3.53. The van der Waals surface area contributed by atoms with Crippen molar-refractivity contribution >= 4 is 21.6 Å². The zero-order chi connectivity index (χ0) is 10.1. The molecule has 0 atom stereocenters. The number of fused-ring (bicyclic) bond motifs is 1. The predicted octanol–water partition coefficient (Wildman–Crippen LogP) is 2.18. The Hall–Kier alpha value is -1.16. The van der Waals surface area contributed by atoms with Crippen LogP contribution >= 0.6 is 11.3 Å². The van der Waals surface area contributed by atoms with Gasteiger partial charge in [-0.15, -0.1) is 11.3 Å². The van der Waals surface area contributed by atoms with Crippen LogP contribution < -0.4 is 5.56 Å². The van der Waals surface area contributed by atoms with Crippen LogP contribution in [0.1, 0.15) is 18.9 Å². The molecule has 0 N–H and O–H groups in total. The summed E-state index contributed by atoms with van der Waals surface area (Å²) in [7, 11) is 0. The van der Waals surface area contributed by atoms with Crippen LogP contribution in [-0.4, -0.2) is 9.55 Å². The molecule has 0 saturated heterocycles. The van der Waals surface area contributed by atoms with E-state index in [1.165, 1.54) is 11.3 Å². The van der Waals surface area contributed by atoms with Crippen LogP contribution in [0, 0.1) is 6.92 Å². The van der Waals surface area contributed by atoms with Crippen molar-refractivity contribution in [1.29, 1.82) is 0 Å². The molecule has 0 fully saturated rings. The Morgan fingerprint density at radius 1 is 1.57 bits per heavy atom. The van der Waals surface area contributed by atoms with E-state index in [0.29, 0.717) is 0 Å². The van der Waals surface area contributed by atoms with Gasteiger partial charge in [0.25, 0.3) is 5.56 Å². The minimum Gasteiger partial charge on any atom is -0.298 e. The van der Waals surface area contributed by atoms with Gasteiger partial charge in [0.15, 0.2) is 0 Å². The Morgan fingerprint density at radius 3 is 3.07 bits per heavy atom. The highest BCUT2D eigenvalue weighted by atomic mass is 32.1. The van der Waals surface area contributed by atoms with E-state index in [1.54, 1.807) is 10.9 Å². The van der Waals surface area contributed by atoms with Gasteiger partial charge in [-0.3, -0.25) is 9.36 Å². The van der Waals surface area contributed by atoms with Crippen molar-refractivity contribution in [2.75, 3.05) is 0 Å². The van der Waals surface area contributed by atoms with Gasteiger partial charge in [-0.1, -0.05) is 6.92 Å². The maximum absolute atomic E-state index is 11.9. The number of hydrogen-bond acceptors (Lipinski definition) is 3. The number of nitrogens with zero attached hydrogens (tertiary/aromatic N) is 2. The molecule has 0 aliphatic rings. The first-order valence-electron chi connectivity index (χ1n) is 4.67. The van der Waals surface area contributed by atoms with E-state index in [2.05, 4.69) is 11.9 Å². The summed E-state index contributed by atoms with van der Waals surface area (Å²) in [6.07, 6.45) is 2.60. The van der Waals surface area contributed by atoms with Gasteiger partial charge < -0.3 is 0 Å². The van der Waals surface area contributed by atoms with Crippen molar-refractivity contribution in [2.45, 2.75) is 26.8 Å². The first-order chi connectivity index (χ1) is 6.74. The molecule has 74 valence electrons. The van der Waals surface area contributed by atoms with E-state index < -0.39 is 0 Å². The first kappa shape index (κ1) is 9.40. The van der Waals surface area contributed by atoms with Gasteiger partial charge in [-0.2, -0.15) is 0 Å². The molecule has 0 saturated carbocycles. The summed E-state index contributed by atoms with van der Waals surface area (Å²) < 4.78 is 2.46. The molecule has 4 heteroatoms. The smallest absolute Gasteiger partial charge is 0.271 e. The predicted molar refractivity (Wildman–Crippen MR) is 58.9 cm³/mol. The van der Waals surface area contributed by atoms with Gasteiger partial charge in [0.2, 0.25) is 0 Å². The van der Waals surface area contributed by atoms with Crippen LogP contribution in [0.3, 0.4) is 0 Å². The lowest BCUT2D eigenvalue weighted by Gasteiger charge is -2.01. The summed E-state index contributed by atoms with van der Waals surface area (Å²) >= 11 is 1.48. The highest BCUT2D eigenvalue weighted by Crippen LogP contribution is 2.19. The average Bonchev–Trinajstić information content (AvgIpc) is 2.54. The molecule has 0 spiro atoms. The number of hydrogen-bond donors (Lipinski definition) is 0. The Balaban J connectivity index is 2.70. The van der Waals surface area contributed by atoms with E-state index >= 15 is 0 Å². The zero-order valence-corrected chi connectivity index (χ0v) is 9.10. The Bertz CT molecular complexity index is 512. The number of rotatable bonds is 2. The lowest BCUT2D eigenvalue weighted by atomic mass is 10.3. The summed E-state index contributed by atoms with van der Waals surface area (Å²) in [5.74, 6) is 0. The fourth-order valence-corrected chi connectivity index (χ4v) is 2.41. The monoisotopic (exact) mass is 208 g/mol. The third-order valence-corrected chi connectivity index (χ3v) is 3.26. The molecule has 0 bridgehead atoms. The summed E-state index contributed by atoms with van der Waals surface area (Å²) in [4.78, 5) is 16.2. The Kier molecular flexibility index (Phi) is 2.37. The molecule has 0 amide bonds. The highest BCUT2D eigenvalue weighted by Gasteiger charge is 2.07. The summed E-state index contributed by atoms with van der Waals surface area (Å²) in [6.45, 7) is 4.78. The molecule has 2 aromatic rings. The second-order valence-corrected chi connectivity index (χ2v) is 4.22. The van der Waals surface area contributed by atoms with Crippen LogP contribution in [0.4, 0.5) is 0 Å². The normalized spacial score (nSPS) is 11.0. The Morgan fingerprint density at radius 2 is 2.36 bits per heavy atom. The Labute approximate surface area is 86.0 Å². The van der Waals surface area contributed by atoms with Gasteiger partial charge in [0.05, 0.1) is 11.8 Å².